The summed E-state index contributed by atoms with van der Waals surface area (Å²) in [6, 6.07) is 0. The van der Waals surface area contributed by atoms with Gasteiger partial charge in [0.05, 0.1) is 7.11 Å². The summed E-state index contributed by atoms with van der Waals surface area (Å²) in [7, 11) is 1.41. The van der Waals surface area contributed by atoms with Crippen molar-refractivity contribution in [3.8, 4) is 0 Å². The predicted octanol–water partition coefficient (Wildman–Crippen LogP) is 1.74. The number of hydrogen-bond donors (Lipinski definition) is 1. The Labute approximate surface area is 91.9 Å². The van der Waals surface area contributed by atoms with Gasteiger partial charge in [0.2, 0.25) is 0 Å². The van der Waals surface area contributed by atoms with E-state index < -0.39 is 0 Å². The second-order valence-electron chi connectivity index (χ2n) is 4.35. The van der Waals surface area contributed by atoms with Crippen LogP contribution in [0.2, 0.25) is 0 Å². The van der Waals surface area contributed by atoms with Crippen molar-refractivity contribution in [3.05, 3.63) is 11.6 Å². The number of carbonyl (C=O) groups is 1. The van der Waals surface area contributed by atoms with Crippen molar-refractivity contribution in [3.63, 3.8) is 0 Å². The summed E-state index contributed by atoms with van der Waals surface area (Å²) in [4.78, 5) is 11.0. The van der Waals surface area contributed by atoms with E-state index in [0.29, 0.717) is 5.57 Å². The fourth-order valence-corrected chi connectivity index (χ4v) is 1.61. The molecule has 0 spiro atoms. The zero-order valence-electron chi connectivity index (χ0n) is 9.88. The van der Waals surface area contributed by atoms with Crippen molar-refractivity contribution in [2.45, 2.75) is 26.7 Å². The molecule has 1 N–H and O–H groups in total. The number of rotatable bonds is 6. The minimum absolute atomic E-state index is 0.243. The van der Waals surface area contributed by atoms with Crippen LogP contribution >= 0.6 is 0 Å². The quantitative estimate of drug-likeness (QED) is 0.413. The molecule has 1 fully saturated rings. The summed E-state index contributed by atoms with van der Waals surface area (Å²) >= 11 is 0. The Morgan fingerprint density at radius 1 is 1.60 bits per heavy atom. The number of ether oxygens (including phenoxy) is 1. The van der Waals surface area contributed by atoms with Gasteiger partial charge in [-0.05, 0) is 38.1 Å². The van der Waals surface area contributed by atoms with Crippen molar-refractivity contribution in [2.24, 2.45) is 11.8 Å². The average Bonchev–Trinajstić information content (AvgIpc) is 3.06. The molecule has 1 rings (SSSR count). The van der Waals surface area contributed by atoms with E-state index in [0.717, 1.165) is 24.9 Å². The van der Waals surface area contributed by atoms with Crippen molar-refractivity contribution in [2.75, 3.05) is 20.2 Å². The van der Waals surface area contributed by atoms with Gasteiger partial charge in [-0.2, -0.15) is 0 Å². The van der Waals surface area contributed by atoms with Crippen LogP contribution in [0.4, 0.5) is 0 Å². The molecule has 0 aromatic heterocycles. The van der Waals surface area contributed by atoms with E-state index in [1.807, 2.05) is 6.08 Å². The molecule has 0 amide bonds. The Balaban J connectivity index is 2.11. The number of esters is 1. The van der Waals surface area contributed by atoms with Crippen molar-refractivity contribution >= 4 is 5.97 Å². The lowest BCUT2D eigenvalue weighted by Crippen LogP contribution is -2.22. The largest absolute Gasteiger partial charge is 0.466 e. The third kappa shape index (κ3) is 4.47. The molecule has 0 saturated heterocycles. The van der Waals surface area contributed by atoms with Gasteiger partial charge in [0.1, 0.15) is 0 Å². The zero-order chi connectivity index (χ0) is 11.3. The fraction of sp³-hybridized carbons (Fsp3) is 0.750. The molecule has 0 aliphatic heterocycles. The third-order valence-corrected chi connectivity index (χ3v) is 2.95. The first-order valence-electron chi connectivity index (χ1n) is 5.61. The van der Waals surface area contributed by atoms with Crippen LogP contribution < -0.4 is 5.32 Å². The molecular formula is C12H21NO2. The first-order valence-corrected chi connectivity index (χ1v) is 5.61. The van der Waals surface area contributed by atoms with Gasteiger partial charge in [-0.25, -0.2) is 4.79 Å². The first-order chi connectivity index (χ1) is 7.15. The number of hydrogen-bond acceptors (Lipinski definition) is 3. The molecule has 1 aliphatic carbocycles. The van der Waals surface area contributed by atoms with E-state index in [1.165, 1.54) is 20.0 Å². The Bertz CT molecular complexity index is 244. The van der Waals surface area contributed by atoms with E-state index in [4.69, 9.17) is 0 Å². The highest BCUT2D eigenvalue weighted by atomic mass is 16.5. The molecule has 1 unspecified atom stereocenters. The lowest BCUT2D eigenvalue weighted by atomic mass is 10.1. The van der Waals surface area contributed by atoms with Crippen LogP contribution in [0.25, 0.3) is 0 Å². The van der Waals surface area contributed by atoms with Crippen LogP contribution in [-0.4, -0.2) is 26.2 Å². The standard InChI is InChI=1S/C12H21NO2/c1-9(12(14)15-3)6-7-13-8-10(2)11-4-5-11/h6,10-11,13H,4-5,7-8H2,1-3H3. The topological polar surface area (TPSA) is 38.3 Å². The normalized spacial score (nSPS) is 18.7. The number of nitrogens with one attached hydrogen (secondary N) is 1. The predicted molar refractivity (Wildman–Crippen MR) is 60.5 cm³/mol. The minimum atomic E-state index is -0.243. The van der Waals surface area contributed by atoms with Gasteiger partial charge < -0.3 is 10.1 Å². The Morgan fingerprint density at radius 3 is 2.80 bits per heavy atom. The monoisotopic (exact) mass is 211 g/mol. The van der Waals surface area contributed by atoms with Crippen molar-refractivity contribution in [1.82, 2.24) is 5.32 Å². The Hall–Kier alpha value is -0.830. The zero-order valence-corrected chi connectivity index (χ0v) is 9.88. The van der Waals surface area contributed by atoms with E-state index in [9.17, 15) is 4.79 Å². The van der Waals surface area contributed by atoms with Crippen LogP contribution in [0.3, 0.4) is 0 Å². The highest BCUT2D eigenvalue weighted by Gasteiger charge is 2.27. The molecule has 1 saturated carbocycles. The van der Waals surface area contributed by atoms with Gasteiger partial charge in [-0.1, -0.05) is 13.0 Å². The highest BCUT2D eigenvalue weighted by Crippen LogP contribution is 2.35. The van der Waals surface area contributed by atoms with Crippen LogP contribution in [0, 0.1) is 11.8 Å². The van der Waals surface area contributed by atoms with E-state index in [2.05, 4.69) is 17.0 Å². The summed E-state index contributed by atoms with van der Waals surface area (Å²) in [5.41, 5.74) is 0.670. The van der Waals surface area contributed by atoms with E-state index in [1.54, 1.807) is 6.92 Å². The SMILES string of the molecule is COC(=O)C(C)=CCNCC(C)C1CC1. The molecule has 0 radical (unpaired) electrons. The van der Waals surface area contributed by atoms with Crippen LogP contribution in [-0.2, 0) is 9.53 Å². The van der Waals surface area contributed by atoms with Crippen molar-refractivity contribution in [1.29, 1.82) is 0 Å². The molecule has 1 aliphatic rings. The van der Waals surface area contributed by atoms with Gasteiger partial charge in [0.25, 0.3) is 0 Å². The summed E-state index contributed by atoms with van der Waals surface area (Å²) in [5, 5.41) is 3.33. The van der Waals surface area contributed by atoms with Gasteiger partial charge in [0.15, 0.2) is 0 Å². The molecule has 1 atom stereocenters. The Morgan fingerprint density at radius 2 is 2.27 bits per heavy atom. The van der Waals surface area contributed by atoms with Crippen molar-refractivity contribution < 1.29 is 9.53 Å². The maximum Gasteiger partial charge on any atom is 0.333 e. The maximum atomic E-state index is 11.0. The Kier molecular flexibility index (Phi) is 4.82. The first kappa shape index (κ1) is 12.2. The lowest BCUT2D eigenvalue weighted by molar-refractivity contribution is -0.136. The smallest absolute Gasteiger partial charge is 0.333 e. The maximum absolute atomic E-state index is 11.0. The molecule has 3 nitrogen and oxygen atoms in total. The summed E-state index contributed by atoms with van der Waals surface area (Å²) in [6.07, 6.45) is 4.66. The third-order valence-electron chi connectivity index (χ3n) is 2.95. The van der Waals surface area contributed by atoms with Gasteiger partial charge in [-0.15, -0.1) is 0 Å². The molecule has 0 aromatic rings. The average molecular weight is 211 g/mol. The lowest BCUT2D eigenvalue weighted by Gasteiger charge is -2.09. The van der Waals surface area contributed by atoms with Gasteiger partial charge in [-0.3, -0.25) is 0 Å². The summed E-state index contributed by atoms with van der Waals surface area (Å²) in [6.45, 7) is 5.84. The second-order valence-corrected chi connectivity index (χ2v) is 4.35. The second kappa shape index (κ2) is 5.91. The molecule has 15 heavy (non-hydrogen) atoms. The van der Waals surface area contributed by atoms with Crippen LogP contribution in [0.15, 0.2) is 11.6 Å². The van der Waals surface area contributed by atoms with E-state index in [-0.39, 0.29) is 5.97 Å². The molecule has 3 heteroatoms. The van der Waals surface area contributed by atoms with Gasteiger partial charge >= 0.3 is 5.97 Å². The molecular weight excluding hydrogens is 190 g/mol. The number of carbonyl (C=O) groups excluding carboxylic acids is 1. The fourth-order valence-electron chi connectivity index (χ4n) is 1.61. The summed E-state index contributed by atoms with van der Waals surface area (Å²) < 4.78 is 4.60. The summed E-state index contributed by atoms with van der Waals surface area (Å²) in [5.74, 6) is 1.45. The van der Waals surface area contributed by atoms with Gasteiger partial charge in [0, 0.05) is 12.1 Å². The molecule has 0 bridgehead atoms. The molecule has 0 heterocycles. The molecule has 86 valence electrons. The van der Waals surface area contributed by atoms with E-state index >= 15 is 0 Å². The van der Waals surface area contributed by atoms with Crippen LogP contribution in [0.1, 0.15) is 26.7 Å². The highest BCUT2D eigenvalue weighted by molar-refractivity contribution is 5.87. The van der Waals surface area contributed by atoms with Crippen LogP contribution in [0.5, 0.6) is 0 Å². The minimum Gasteiger partial charge on any atom is -0.466 e. The molecule has 0 aromatic carbocycles. The number of methoxy groups -OCH3 is 1.